The predicted molar refractivity (Wildman–Crippen MR) is 110 cm³/mol. The Morgan fingerprint density at radius 3 is 2.45 bits per heavy atom. The molecule has 1 N–H and O–H groups in total. The molecule has 164 valence electrons. The number of amides is 1. The number of benzene rings is 2. The minimum absolute atomic E-state index is 0.0583. The molecule has 0 radical (unpaired) electrons. The molecule has 31 heavy (non-hydrogen) atoms. The van der Waals surface area contributed by atoms with E-state index >= 15 is 0 Å². The van der Waals surface area contributed by atoms with Crippen molar-refractivity contribution in [3.05, 3.63) is 54.1 Å². The number of rotatable bonds is 8. The number of hydrogen-bond acceptors (Lipinski definition) is 6. The summed E-state index contributed by atoms with van der Waals surface area (Å²) in [4.78, 5) is 12.3. The van der Waals surface area contributed by atoms with Crippen molar-refractivity contribution in [1.82, 2.24) is 20.2 Å². The van der Waals surface area contributed by atoms with E-state index in [1.54, 1.807) is 0 Å². The first-order valence-corrected chi connectivity index (χ1v) is 10.4. The Balaban J connectivity index is 1.58. The molecule has 1 amide bonds. The Hall–Kier alpha value is -3.08. The van der Waals surface area contributed by atoms with Gasteiger partial charge in [-0.3, -0.25) is 4.79 Å². The number of anilines is 1. The highest BCUT2D eigenvalue weighted by molar-refractivity contribution is 7.99. The Labute approximate surface area is 181 Å². The smallest absolute Gasteiger partial charge is 0.406 e. The Bertz CT molecular complexity index is 1010. The van der Waals surface area contributed by atoms with Crippen LogP contribution in [0.5, 0.6) is 5.75 Å². The molecule has 0 bridgehead atoms. The molecule has 1 aromatic heterocycles. The van der Waals surface area contributed by atoms with E-state index in [1.807, 2.05) is 24.3 Å². The number of alkyl halides is 3. The van der Waals surface area contributed by atoms with Crippen molar-refractivity contribution in [2.24, 2.45) is 0 Å². The number of tetrazole rings is 1. The van der Waals surface area contributed by atoms with Gasteiger partial charge >= 0.3 is 6.36 Å². The van der Waals surface area contributed by atoms with Crippen LogP contribution in [0, 0.1) is 0 Å². The van der Waals surface area contributed by atoms with Gasteiger partial charge < -0.3 is 10.1 Å². The van der Waals surface area contributed by atoms with Crippen molar-refractivity contribution in [2.75, 3.05) is 11.1 Å². The second-order valence-corrected chi connectivity index (χ2v) is 7.63. The summed E-state index contributed by atoms with van der Waals surface area (Å²) >= 11 is 1.11. The van der Waals surface area contributed by atoms with Crippen LogP contribution in [-0.4, -0.2) is 38.2 Å². The van der Waals surface area contributed by atoms with Crippen molar-refractivity contribution in [1.29, 1.82) is 0 Å². The molecular formula is C20H20F3N5O2S. The van der Waals surface area contributed by atoms with E-state index in [0.29, 0.717) is 22.4 Å². The third-order valence-corrected chi connectivity index (χ3v) is 5.38. The summed E-state index contributed by atoms with van der Waals surface area (Å²) in [5.41, 5.74) is 2.33. The quantitative estimate of drug-likeness (QED) is 0.495. The molecule has 0 aliphatic heterocycles. The minimum atomic E-state index is -4.76. The van der Waals surface area contributed by atoms with Gasteiger partial charge in [0.15, 0.2) is 0 Å². The Morgan fingerprint density at radius 1 is 1.16 bits per heavy atom. The first-order valence-electron chi connectivity index (χ1n) is 9.42. The van der Waals surface area contributed by atoms with Gasteiger partial charge in [0, 0.05) is 5.69 Å². The largest absolute Gasteiger partial charge is 0.573 e. The molecule has 2 aromatic carbocycles. The average Bonchev–Trinajstić information content (AvgIpc) is 3.20. The number of carbonyl (C=O) groups is 1. The summed E-state index contributed by atoms with van der Waals surface area (Å²) in [6.45, 7) is 4.27. The first kappa shape index (κ1) is 22.6. The third-order valence-electron chi connectivity index (χ3n) is 4.46. The summed E-state index contributed by atoms with van der Waals surface area (Å²) in [5, 5.41) is 14.4. The minimum Gasteiger partial charge on any atom is -0.406 e. The van der Waals surface area contributed by atoms with Gasteiger partial charge in [0.25, 0.3) is 0 Å². The van der Waals surface area contributed by atoms with E-state index in [-0.39, 0.29) is 17.4 Å². The second-order valence-electron chi connectivity index (χ2n) is 6.68. The summed E-state index contributed by atoms with van der Waals surface area (Å²) in [5.74, 6) is -0.0711. The standard InChI is InChI=1S/C20H20F3N5O2S/c1-3-13(2)14-4-6-15(7-5-14)24-18(29)12-31-19-25-26-27-28(19)16-8-10-17(11-9-16)30-20(21,22)23/h4-11,13H,3,12H2,1-2H3,(H,24,29)/t13-/m0/s1. The number of aromatic nitrogens is 4. The molecule has 0 aliphatic carbocycles. The molecule has 0 fully saturated rings. The van der Waals surface area contributed by atoms with E-state index in [0.717, 1.165) is 30.3 Å². The topological polar surface area (TPSA) is 81.9 Å². The highest BCUT2D eigenvalue weighted by Crippen LogP contribution is 2.25. The predicted octanol–water partition coefficient (Wildman–Crippen LogP) is 4.81. The SMILES string of the molecule is CC[C@H](C)c1ccc(NC(=O)CSc2nnnn2-c2ccc(OC(F)(F)F)cc2)cc1. The molecule has 0 saturated carbocycles. The zero-order chi connectivity index (χ0) is 22.4. The fourth-order valence-electron chi connectivity index (χ4n) is 2.68. The molecule has 0 unspecified atom stereocenters. The number of thioether (sulfide) groups is 1. The second kappa shape index (κ2) is 9.82. The fourth-order valence-corrected chi connectivity index (χ4v) is 3.37. The highest BCUT2D eigenvalue weighted by Gasteiger charge is 2.31. The molecule has 1 atom stereocenters. The van der Waals surface area contributed by atoms with Gasteiger partial charge in [0.05, 0.1) is 11.4 Å². The van der Waals surface area contributed by atoms with Crippen LogP contribution in [0.25, 0.3) is 5.69 Å². The fraction of sp³-hybridized carbons (Fsp3) is 0.300. The zero-order valence-corrected chi connectivity index (χ0v) is 17.6. The maximum Gasteiger partial charge on any atom is 0.573 e. The van der Waals surface area contributed by atoms with Crippen LogP contribution < -0.4 is 10.1 Å². The number of halogens is 3. The van der Waals surface area contributed by atoms with Crippen LogP contribution in [0.2, 0.25) is 0 Å². The van der Waals surface area contributed by atoms with E-state index in [4.69, 9.17) is 0 Å². The van der Waals surface area contributed by atoms with Gasteiger partial charge in [-0.1, -0.05) is 37.7 Å². The zero-order valence-electron chi connectivity index (χ0n) is 16.8. The van der Waals surface area contributed by atoms with Crippen LogP contribution in [0.15, 0.2) is 53.7 Å². The highest BCUT2D eigenvalue weighted by atomic mass is 32.2. The number of ether oxygens (including phenoxy) is 1. The van der Waals surface area contributed by atoms with Crippen LogP contribution in [-0.2, 0) is 4.79 Å². The lowest BCUT2D eigenvalue weighted by Crippen LogP contribution is -2.17. The number of nitrogens with one attached hydrogen (secondary N) is 1. The maximum absolute atomic E-state index is 12.3. The van der Waals surface area contributed by atoms with Crippen LogP contribution in [0.4, 0.5) is 18.9 Å². The van der Waals surface area contributed by atoms with Crippen molar-refractivity contribution in [3.8, 4) is 11.4 Å². The normalized spacial score (nSPS) is 12.4. The van der Waals surface area contributed by atoms with E-state index in [2.05, 4.69) is 39.4 Å². The number of carbonyl (C=O) groups excluding carboxylic acids is 1. The molecule has 3 rings (SSSR count). The maximum atomic E-state index is 12.3. The van der Waals surface area contributed by atoms with Crippen LogP contribution in [0.3, 0.4) is 0 Å². The van der Waals surface area contributed by atoms with Gasteiger partial charge in [-0.05, 0) is 64.7 Å². The van der Waals surface area contributed by atoms with Gasteiger partial charge in [-0.25, -0.2) is 0 Å². The van der Waals surface area contributed by atoms with Gasteiger partial charge in [-0.2, -0.15) is 4.68 Å². The number of hydrogen-bond donors (Lipinski definition) is 1. The van der Waals surface area contributed by atoms with E-state index < -0.39 is 6.36 Å². The summed E-state index contributed by atoms with van der Waals surface area (Å²) in [6.07, 6.45) is -3.73. The van der Waals surface area contributed by atoms with Gasteiger partial charge in [-0.15, -0.1) is 18.3 Å². The lowest BCUT2D eigenvalue weighted by Gasteiger charge is -2.11. The molecule has 1 heterocycles. The number of nitrogens with zero attached hydrogens (tertiary/aromatic N) is 4. The van der Waals surface area contributed by atoms with Crippen LogP contribution in [0.1, 0.15) is 31.7 Å². The Morgan fingerprint density at radius 2 is 1.84 bits per heavy atom. The third kappa shape index (κ3) is 6.45. The molecule has 0 saturated heterocycles. The first-order chi connectivity index (χ1) is 14.7. The summed E-state index contributed by atoms with van der Waals surface area (Å²) < 4.78 is 42.0. The summed E-state index contributed by atoms with van der Waals surface area (Å²) in [6, 6.07) is 12.8. The average molecular weight is 451 g/mol. The molecule has 7 nitrogen and oxygen atoms in total. The molecule has 11 heteroatoms. The lowest BCUT2D eigenvalue weighted by molar-refractivity contribution is -0.274. The summed E-state index contributed by atoms with van der Waals surface area (Å²) in [7, 11) is 0. The van der Waals surface area contributed by atoms with Gasteiger partial charge in [0.2, 0.25) is 11.1 Å². The molecule has 0 spiro atoms. The van der Waals surface area contributed by atoms with Crippen molar-refractivity contribution >= 4 is 23.4 Å². The van der Waals surface area contributed by atoms with E-state index in [1.165, 1.54) is 22.4 Å². The van der Waals surface area contributed by atoms with Crippen molar-refractivity contribution in [2.45, 2.75) is 37.7 Å². The van der Waals surface area contributed by atoms with E-state index in [9.17, 15) is 18.0 Å². The van der Waals surface area contributed by atoms with Gasteiger partial charge in [0.1, 0.15) is 5.75 Å². The van der Waals surface area contributed by atoms with Crippen molar-refractivity contribution < 1.29 is 22.7 Å². The molecule has 3 aromatic rings. The molecular weight excluding hydrogens is 431 g/mol. The van der Waals surface area contributed by atoms with Crippen molar-refractivity contribution in [3.63, 3.8) is 0 Å². The Kier molecular flexibility index (Phi) is 7.16. The molecule has 0 aliphatic rings. The monoisotopic (exact) mass is 451 g/mol. The van der Waals surface area contributed by atoms with Crippen LogP contribution >= 0.6 is 11.8 Å². The lowest BCUT2D eigenvalue weighted by atomic mass is 9.99.